The highest BCUT2D eigenvalue weighted by Crippen LogP contribution is 2.26. The largest absolute Gasteiger partial charge is 0.485 e. The van der Waals surface area contributed by atoms with Crippen molar-refractivity contribution in [2.75, 3.05) is 6.61 Å². The van der Waals surface area contributed by atoms with Crippen molar-refractivity contribution >= 4 is 17.1 Å². The average Bonchev–Trinajstić information content (AvgIpc) is 3.01. The van der Waals surface area contributed by atoms with Crippen LogP contribution in [0, 0.1) is 13.8 Å². The van der Waals surface area contributed by atoms with Crippen LogP contribution in [0.4, 0.5) is 0 Å². The second-order valence-electron chi connectivity index (χ2n) is 5.32. The van der Waals surface area contributed by atoms with E-state index in [1.807, 2.05) is 26.0 Å². The van der Waals surface area contributed by atoms with Crippen molar-refractivity contribution in [1.82, 2.24) is 0 Å². The number of aryl methyl sites for hydroxylation is 4. The minimum atomic E-state index is 0.0624. The number of Topliss-reactive ketones (excluding diaryl/α,β-unsaturated/α-hetero) is 1. The SMILES string of the molecule is Cc1cc(C(=O)COc2ccc3c(c2)CCC3)c(C)s1. The first-order valence-electron chi connectivity index (χ1n) is 6.98. The van der Waals surface area contributed by atoms with Gasteiger partial charge in [0.1, 0.15) is 5.75 Å². The molecule has 0 saturated heterocycles. The topological polar surface area (TPSA) is 26.3 Å². The number of rotatable bonds is 4. The number of carbonyl (C=O) groups is 1. The number of ketones is 1. The highest BCUT2D eigenvalue weighted by molar-refractivity contribution is 7.12. The number of thiophene rings is 1. The van der Waals surface area contributed by atoms with E-state index in [-0.39, 0.29) is 12.4 Å². The van der Waals surface area contributed by atoms with Gasteiger partial charge in [0.15, 0.2) is 6.61 Å². The van der Waals surface area contributed by atoms with Crippen LogP contribution in [0.15, 0.2) is 24.3 Å². The van der Waals surface area contributed by atoms with Gasteiger partial charge in [0.05, 0.1) is 0 Å². The van der Waals surface area contributed by atoms with Gasteiger partial charge in [-0.15, -0.1) is 11.3 Å². The number of fused-ring (bicyclic) bond motifs is 1. The van der Waals surface area contributed by atoms with Crippen LogP contribution in [0.3, 0.4) is 0 Å². The Labute approximate surface area is 123 Å². The van der Waals surface area contributed by atoms with Gasteiger partial charge < -0.3 is 4.74 Å². The molecule has 2 aromatic rings. The summed E-state index contributed by atoms with van der Waals surface area (Å²) in [5.41, 5.74) is 3.60. The Morgan fingerprint density at radius 1 is 1.20 bits per heavy atom. The molecular formula is C17H18O2S. The lowest BCUT2D eigenvalue weighted by molar-refractivity contribution is 0.0921. The number of benzene rings is 1. The van der Waals surface area contributed by atoms with Crippen LogP contribution in [-0.2, 0) is 12.8 Å². The molecule has 1 aromatic carbocycles. The molecular weight excluding hydrogens is 268 g/mol. The normalized spacial score (nSPS) is 13.3. The molecule has 0 aliphatic heterocycles. The summed E-state index contributed by atoms with van der Waals surface area (Å²) < 4.78 is 5.67. The van der Waals surface area contributed by atoms with Crippen molar-refractivity contribution in [1.29, 1.82) is 0 Å². The third-order valence-electron chi connectivity index (χ3n) is 3.78. The summed E-state index contributed by atoms with van der Waals surface area (Å²) in [5, 5.41) is 0. The smallest absolute Gasteiger partial charge is 0.201 e. The highest BCUT2D eigenvalue weighted by Gasteiger charge is 2.14. The van der Waals surface area contributed by atoms with Crippen molar-refractivity contribution < 1.29 is 9.53 Å². The van der Waals surface area contributed by atoms with Gasteiger partial charge in [-0.3, -0.25) is 4.79 Å². The molecule has 0 unspecified atom stereocenters. The zero-order valence-electron chi connectivity index (χ0n) is 11.9. The standard InChI is InChI=1S/C17H18O2S/c1-11-8-16(12(2)20-11)17(18)10-19-15-7-6-13-4-3-5-14(13)9-15/h6-9H,3-5,10H2,1-2H3. The van der Waals surface area contributed by atoms with Crippen molar-refractivity contribution in [3.63, 3.8) is 0 Å². The quantitative estimate of drug-likeness (QED) is 0.790. The molecule has 2 nitrogen and oxygen atoms in total. The van der Waals surface area contributed by atoms with Crippen LogP contribution in [0.25, 0.3) is 0 Å². The van der Waals surface area contributed by atoms with Crippen LogP contribution >= 0.6 is 11.3 Å². The van der Waals surface area contributed by atoms with E-state index in [9.17, 15) is 4.79 Å². The first kappa shape index (κ1) is 13.4. The zero-order valence-corrected chi connectivity index (χ0v) is 12.7. The Balaban J connectivity index is 1.67. The molecule has 104 valence electrons. The van der Waals surface area contributed by atoms with E-state index < -0.39 is 0 Å². The summed E-state index contributed by atoms with van der Waals surface area (Å²) >= 11 is 1.66. The second kappa shape index (κ2) is 5.41. The molecule has 3 rings (SSSR count). The molecule has 1 aliphatic carbocycles. The van der Waals surface area contributed by atoms with E-state index in [0.29, 0.717) is 0 Å². The molecule has 0 spiro atoms. The van der Waals surface area contributed by atoms with E-state index >= 15 is 0 Å². The van der Waals surface area contributed by atoms with Gasteiger partial charge in [-0.2, -0.15) is 0 Å². The monoisotopic (exact) mass is 286 g/mol. The molecule has 0 fully saturated rings. The first-order valence-corrected chi connectivity index (χ1v) is 7.80. The van der Waals surface area contributed by atoms with Gasteiger partial charge >= 0.3 is 0 Å². The third kappa shape index (κ3) is 2.63. The van der Waals surface area contributed by atoms with Gasteiger partial charge in [0, 0.05) is 15.3 Å². The van der Waals surface area contributed by atoms with Crippen molar-refractivity contribution in [2.45, 2.75) is 33.1 Å². The third-order valence-corrected chi connectivity index (χ3v) is 4.75. The molecule has 1 aliphatic rings. The van der Waals surface area contributed by atoms with E-state index in [2.05, 4.69) is 12.1 Å². The number of ether oxygens (including phenoxy) is 1. The molecule has 0 amide bonds. The summed E-state index contributed by atoms with van der Waals surface area (Å²) in [7, 11) is 0. The van der Waals surface area contributed by atoms with Crippen LogP contribution in [0.2, 0.25) is 0 Å². The van der Waals surface area contributed by atoms with Crippen LogP contribution in [-0.4, -0.2) is 12.4 Å². The summed E-state index contributed by atoms with van der Waals surface area (Å²) in [5.74, 6) is 0.871. The Hall–Kier alpha value is -1.61. The molecule has 20 heavy (non-hydrogen) atoms. The van der Waals surface area contributed by atoms with Crippen molar-refractivity contribution in [3.05, 3.63) is 50.7 Å². The molecule has 3 heteroatoms. The maximum absolute atomic E-state index is 12.2. The summed E-state index contributed by atoms with van der Waals surface area (Å²) in [6.45, 7) is 4.13. The van der Waals surface area contributed by atoms with Crippen LogP contribution in [0.5, 0.6) is 5.75 Å². The maximum Gasteiger partial charge on any atom is 0.201 e. The summed E-state index contributed by atoms with van der Waals surface area (Å²) in [6, 6.07) is 8.14. The van der Waals surface area contributed by atoms with Gasteiger partial charge in [-0.1, -0.05) is 6.07 Å². The second-order valence-corrected chi connectivity index (χ2v) is 6.78. The maximum atomic E-state index is 12.2. The average molecular weight is 286 g/mol. The predicted octanol–water partition coefficient (Wildman–Crippen LogP) is 4.12. The van der Waals surface area contributed by atoms with Gasteiger partial charge in [-0.25, -0.2) is 0 Å². The molecule has 1 aromatic heterocycles. The first-order chi connectivity index (χ1) is 9.63. The zero-order chi connectivity index (χ0) is 14.1. The van der Waals surface area contributed by atoms with Crippen molar-refractivity contribution in [3.8, 4) is 5.75 Å². The Morgan fingerprint density at radius 2 is 2.00 bits per heavy atom. The molecule has 0 N–H and O–H groups in total. The van der Waals surface area contributed by atoms with E-state index in [4.69, 9.17) is 4.74 Å². The molecule has 0 atom stereocenters. The lowest BCUT2D eigenvalue weighted by Crippen LogP contribution is -2.11. The molecule has 1 heterocycles. The Morgan fingerprint density at radius 3 is 2.75 bits per heavy atom. The van der Waals surface area contributed by atoms with Gasteiger partial charge in [0.25, 0.3) is 0 Å². The Bertz CT molecular complexity index is 655. The molecule has 0 radical (unpaired) electrons. The van der Waals surface area contributed by atoms with Gasteiger partial charge in [0.2, 0.25) is 5.78 Å². The fourth-order valence-corrected chi connectivity index (χ4v) is 3.71. The van der Waals surface area contributed by atoms with Crippen LogP contribution in [0.1, 0.15) is 37.7 Å². The summed E-state index contributed by atoms with van der Waals surface area (Å²) in [6.07, 6.45) is 3.52. The fraction of sp³-hybridized carbons (Fsp3) is 0.353. The minimum Gasteiger partial charge on any atom is -0.485 e. The van der Waals surface area contributed by atoms with Crippen LogP contribution < -0.4 is 4.74 Å². The number of hydrogen-bond donors (Lipinski definition) is 0. The van der Waals surface area contributed by atoms with Gasteiger partial charge in [-0.05, 0) is 62.4 Å². The number of hydrogen-bond acceptors (Lipinski definition) is 3. The molecule has 0 bridgehead atoms. The summed E-state index contributed by atoms with van der Waals surface area (Å²) in [4.78, 5) is 14.4. The highest BCUT2D eigenvalue weighted by atomic mass is 32.1. The van der Waals surface area contributed by atoms with E-state index in [1.165, 1.54) is 28.8 Å². The lowest BCUT2D eigenvalue weighted by atomic mass is 10.1. The fourth-order valence-electron chi connectivity index (χ4n) is 2.77. The number of carbonyl (C=O) groups excluding carboxylic acids is 1. The van der Waals surface area contributed by atoms with E-state index in [0.717, 1.165) is 22.6 Å². The Kier molecular flexibility index (Phi) is 3.62. The minimum absolute atomic E-state index is 0.0624. The van der Waals surface area contributed by atoms with Crippen molar-refractivity contribution in [2.24, 2.45) is 0 Å². The lowest BCUT2D eigenvalue weighted by Gasteiger charge is -2.07. The predicted molar refractivity (Wildman–Crippen MR) is 82.1 cm³/mol. The van der Waals surface area contributed by atoms with E-state index in [1.54, 1.807) is 11.3 Å². The molecule has 0 saturated carbocycles.